The monoisotopic (exact) mass is 210 g/mol. The summed E-state index contributed by atoms with van der Waals surface area (Å²) < 4.78 is 0. The number of hydrogen-bond donors (Lipinski definition) is 2. The number of anilines is 1. The van der Waals surface area contributed by atoms with Crippen LogP contribution >= 0.6 is 0 Å². The summed E-state index contributed by atoms with van der Waals surface area (Å²) in [6, 6.07) is 1.84. The van der Waals surface area contributed by atoms with E-state index < -0.39 is 5.60 Å². The van der Waals surface area contributed by atoms with Gasteiger partial charge in [-0.15, -0.1) is 5.10 Å². The van der Waals surface area contributed by atoms with Gasteiger partial charge in [0.25, 0.3) is 0 Å². The van der Waals surface area contributed by atoms with Crippen molar-refractivity contribution in [3.05, 3.63) is 17.8 Å². The van der Waals surface area contributed by atoms with Gasteiger partial charge in [0.1, 0.15) is 0 Å². The molecule has 0 amide bonds. The summed E-state index contributed by atoms with van der Waals surface area (Å²) in [7, 11) is 1.86. The standard InChI is InChI=1S/C10H18N4O/c1-10(2,15)7-14(3)9-8(6-11)4-5-12-13-9/h4-5,15H,6-7,11H2,1-3H3. The first-order valence-corrected chi connectivity index (χ1v) is 4.88. The van der Waals surface area contributed by atoms with E-state index in [1.807, 2.05) is 18.0 Å². The molecule has 0 aliphatic carbocycles. The fraction of sp³-hybridized carbons (Fsp3) is 0.600. The largest absolute Gasteiger partial charge is 0.389 e. The van der Waals surface area contributed by atoms with Crippen molar-refractivity contribution in [2.24, 2.45) is 5.73 Å². The van der Waals surface area contributed by atoms with Crippen LogP contribution < -0.4 is 10.6 Å². The quantitative estimate of drug-likeness (QED) is 0.739. The minimum Gasteiger partial charge on any atom is -0.389 e. The minimum absolute atomic E-state index is 0.418. The van der Waals surface area contributed by atoms with Crippen molar-refractivity contribution < 1.29 is 5.11 Å². The second-order valence-corrected chi connectivity index (χ2v) is 4.25. The van der Waals surface area contributed by atoms with E-state index in [2.05, 4.69) is 10.2 Å². The lowest BCUT2D eigenvalue weighted by Crippen LogP contribution is -2.37. The molecule has 0 radical (unpaired) electrons. The van der Waals surface area contributed by atoms with Crippen LogP contribution in [0.3, 0.4) is 0 Å². The van der Waals surface area contributed by atoms with Gasteiger partial charge in [-0.25, -0.2) is 0 Å². The van der Waals surface area contributed by atoms with Gasteiger partial charge < -0.3 is 15.7 Å². The van der Waals surface area contributed by atoms with Crippen molar-refractivity contribution in [2.75, 3.05) is 18.5 Å². The third kappa shape index (κ3) is 3.45. The zero-order valence-electron chi connectivity index (χ0n) is 9.44. The van der Waals surface area contributed by atoms with Gasteiger partial charge in [-0.1, -0.05) is 0 Å². The summed E-state index contributed by atoms with van der Waals surface area (Å²) in [5.41, 5.74) is 5.76. The van der Waals surface area contributed by atoms with Crippen LogP contribution in [0.2, 0.25) is 0 Å². The Labute approximate surface area is 89.9 Å². The molecule has 0 saturated heterocycles. The van der Waals surface area contributed by atoms with Crippen LogP contribution in [0.25, 0.3) is 0 Å². The number of rotatable bonds is 4. The molecule has 5 heteroatoms. The van der Waals surface area contributed by atoms with E-state index in [-0.39, 0.29) is 0 Å². The van der Waals surface area contributed by atoms with Gasteiger partial charge in [0, 0.05) is 25.7 Å². The number of likely N-dealkylation sites (N-methyl/N-ethyl adjacent to an activating group) is 1. The first-order chi connectivity index (χ1) is 6.94. The van der Waals surface area contributed by atoms with E-state index in [4.69, 9.17) is 5.73 Å². The highest BCUT2D eigenvalue weighted by Gasteiger charge is 2.18. The molecule has 0 saturated carbocycles. The summed E-state index contributed by atoms with van der Waals surface area (Å²) >= 11 is 0. The third-order valence-corrected chi connectivity index (χ3v) is 1.99. The lowest BCUT2D eigenvalue weighted by atomic mass is 10.1. The first kappa shape index (κ1) is 11.9. The maximum atomic E-state index is 9.69. The second kappa shape index (κ2) is 4.55. The van der Waals surface area contributed by atoms with E-state index in [9.17, 15) is 5.11 Å². The van der Waals surface area contributed by atoms with Crippen LogP contribution in [0.4, 0.5) is 5.82 Å². The van der Waals surface area contributed by atoms with E-state index >= 15 is 0 Å². The smallest absolute Gasteiger partial charge is 0.155 e. The lowest BCUT2D eigenvalue weighted by Gasteiger charge is -2.27. The molecule has 1 rings (SSSR count). The highest BCUT2D eigenvalue weighted by molar-refractivity contribution is 5.44. The van der Waals surface area contributed by atoms with E-state index in [1.165, 1.54) is 0 Å². The SMILES string of the molecule is CN(CC(C)(C)O)c1nnccc1CN. The molecule has 1 aromatic heterocycles. The molecule has 0 bridgehead atoms. The van der Waals surface area contributed by atoms with E-state index in [0.29, 0.717) is 13.1 Å². The topological polar surface area (TPSA) is 75.3 Å². The first-order valence-electron chi connectivity index (χ1n) is 4.88. The van der Waals surface area contributed by atoms with Gasteiger partial charge in [-0.3, -0.25) is 0 Å². The normalized spacial score (nSPS) is 11.5. The fourth-order valence-electron chi connectivity index (χ4n) is 1.49. The number of nitrogens with two attached hydrogens (primary N) is 1. The molecular weight excluding hydrogens is 192 g/mol. The highest BCUT2D eigenvalue weighted by Crippen LogP contribution is 2.16. The maximum absolute atomic E-state index is 9.69. The van der Waals surface area contributed by atoms with Crippen LogP contribution in [0.1, 0.15) is 19.4 Å². The number of aliphatic hydroxyl groups is 1. The van der Waals surface area contributed by atoms with Crippen molar-refractivity contribution in [3.8, 4) is 0 Å². The van der Waals surface area contributed by atoms with Crippen LogP contribution in [0.15, 0.2) is 12.3 Å². The molecular formula is C10H18N4O. The van der Waals surface area contributed by atoms with Gasteiger partial charge in [0.15, 0.2) is 5.82 Å². The van der Waals surface area contributed by atoms with E-state index in [1.54, 1.807) is 20.0 Å². The summed E-state index contributed by atoms with van der Waals surface area (Å²) in [6.07, 6.45) is 1.61. The Hall–Kier alpha value is -1.20. The van der Waals surface area contributed by atoms with Gasteiger partial charge in [0.05, 0.1) is 11.8 Å². The zero-order chi connectivity index (χ0) is 11.5. The number of hydrogen-bond acceptors (Lipinski definition) is 5. The fourth-order valence-corrected chi connectivity index (χ4v) is 1.49. The van der Waals surface area contributed by atoms with Crippen LogP contribution in [0.5, 0.6) is 0 Å². The number of aromatic nitrogens is 2. The van der Waals surface area contributed by atoms with Gasteiger partial charge in [-0.2, -0.15) is 5.10 Å². The van der Waals surface area contributed by atoms with Crippen molar-refractivity contribution in [3.63, 3.8) is 0 Å². The van der Waals surface area contributed by atoms with Crippen LogP contribution in [-0.4, -0.2) is 34.5 Å². The average molecular weight is 210 g/mol. The zero-order valence-corrected chi connectivity index (χ0v) is 9.44. The molecule has 15 heavy (non-hydrogen) atoms. The Morgan fingerprint density at radius 1 is 1.53 bits per heavy atom. The second-order valence-electron chi connectivity index (χ2n) is 4.25. The molecule has 0 fully saturated rings. The Morgan fingerprint density at radius 3 is 2.73 bits per heavy atom. The minimum atomic E-state index is -0.766. The number of nitrogens with zero attached hydrogens (tertiary/aromatic N) is 3. The Morgan fingerprint density at radius 2 is 2.20 bits per heavy atom. The van der Waals surface area contributed by atoms with Crippen LogP contribution in [0, 0.1) is 0 Å². The Bertz CT molecular complexity index is 321. The summed E-state index contributed by atoms with van der Waals surface area (Å²) in [5, 5.41) is 17.5. The molecule has 0 aromatic carbocycles. The van der Waals surface area contributed by atoms with Crippen LogP contribution in [-0.2, 0) is 6.54 Å². The van der Waals surface area contributed by atoms with Crippen molar-refractivity contribution >= 4 is 5.82 Å². The summed E-state index contributed by atoms with van der Waals surface area (Å²) in [5.74, 6) is 0.724. The Balaban J connectivity index is 2.86. The highest BCUT2D eigenvalue weighted by atomic mass is 16.3. The molecule has 0 aliphatic rings. The van der Waals surface area contributed by atoms with Gasteiger partial charge in [0.2, 0.25) is 0 Å². The third-order valence-electron chi connectivity index (χ3n) is 1.99. The molecule has 0 atom stereocenters. The summed E-state index contributed by atoms with van der Waals surface area (Å²) in [4.78, 5) is 1.86. The van der Waals surface area contributed by atoms with Crippen molar-refractivity contribution in [2.45, 2.75) is 26.0 Å². The molecule has 1 aromatic rings. The molecule has 0 spiro atoms. The maximum Gasteiger partial charge on any atom is 0.155 e. The van der Waals surface area contributed by atoms with Crippen molar-refractivity contribution in [1.29, 1.82) is 0 Å². The molecule has 84 valence electrons. The predicted octanol–water partition coefficient (Wildman–Crippen LogP) is 0.142. The molecule has 3 N–H and O–H groups in total. The predicted molar refractivity (Wildman–Crippen MR) is 59.5 cm³/mol. The van der Waals surface area contributed by atoms with Crippen molar-refractivity contribution in [1.82, 2.24) is 10.2 Å². The Kier molecular flexibility index (Phi) is 3.60. The molecule has 0 unspecified atom stereocenters. The molecule has 1 heterocycles. The van der Waals surface area contributed by atoms with E-state index in [0.717, 1.165) is 11.4 Å². The summed E-state index contributed by atoms with van der Waals surface area (Å²) in [6.45, 7) is 4.41. The molecule has 0 aliphatic heterocycles. The lowest BCUT2D eigenvalue weighted by molar-refractivity contribution is 0.0884. The average Bonchev–Trinajstić information content (AvgIpc) is 2.15. The van der Waals surface area contributed by atoms with Gasteiger partial charge in [-0.05, 0) is 19.9 Å². The van der Waals surface area contributed by atoms with Gasteiger partial charge >= 0.3 is 0 Å². The molecule has 5 nitrogen and oxygen atoms in total.